The summed E-state index contributed by atoms with van der Waals surface area (Å²) < 4.78 is 22.1. The molecule has 0 fully saturated rings. The molecule has 70 valence electrons. The van der Waals surface area contributed by atoms with Crippen molar-refractivity contribution in [2.75, 3.05) is 0 Å². The Labute approximate surface area is 83.9 Å². The topological polar surface area (TPSA) is 49.7 Å². The maximum atomic E-state index is 10.3. The van der Waals surface area contributed by atoms with Crippen LogP contribution < -0.4 is 0 Å². The monoisotopic (exact) mass is 217 g/mol. The molecule has 5 heteroatoms. The Hall–Kier alpha value is -0.710. The number of hydrogen-bond acceptors (Lipinski definition) is 1. The van der Waals surface area contributed by atoms with Gasteiger partial charge in [-0.2, -0.15) is 0 Å². The zero-order valence-corrected chi connectivity index (χ0v) is 8.47. The maximum Gasteiger partial charge on any atom is 0.283 e. The molecule has 13 heavy (non-hydrogen) atoms. The van der Waals surface area contributed by atoms with E-state index >= 15 is 0 Å². The van der Waals surface area contributed by atoms with Gasteiger partial charge >= 0.3 is 0 Å². The summed E-state index contributed by atoms with van der Waals surface area (Å²) in [6.45, 7) is 1.85. The normalized spacial score (nSPS) is 14.2. The maximum absolute atomic E-state index is 10.3. The number of halogens is 1. The molecule has 0 saturated heterocycles. The number of hydrogen-bond donors (Lipinski definition) is 1. The summed E-state index contributed by atoms with van der Waals surface area (Å²) in [5.41, 5.74) is 1.59. The first kappa shape index (κ1) is 10.4. The fourth-order valence-corrected chi connectivity index (χ4v) is 1.55. The van der Waals surface area contributed by atoms with Crippen LogP contribution in [0.4, 0.5) is 0 Å². The van der Waals surface area contributed by atoms with Crippen LogP contribution in [0.3, 0.4) is 0 Å². The zero-order chi connectivity index (χ0) is 9.84. The Kier molecular flexibility index (Phi) is 3.59. The molecule has 0 heterocycles. The standard InChI is InChI=1S/C8H8ClNO2S/c1-6-4-2-3-5-7(6)8(9)10-13(11)12/h2-5H,1H3,(H,11,12). The molecule has 0 aliphatic heterocycles. The van der Waals surface area contributed by atoms with Crippen LogP contribution in [0.2, 0.25) is 0 Å². The molecule has 0 bridgehead atoms. The molecular weight excluding hydrogens is 210 g/mol. The molecule has 1 atom stereocenters. The number of aryl methyl sites for hydroxylation is 1. The Morgan fingerprint density at radius 2 is 2.15 bits per heavy atom. The van der Waals surface area contributed by atoms with Crippen LogP contribution in [0, 0.1) is 6.92 Å². The SMILES string of the molecule is Cc1ccccc1C(Cl)=NS(=O)O. The molecule has 1 unspecified atom stereocenters. The van der Waals surface area contributed by atoms with Crippen LogP contribution in [0.25, 0.3) is 0 Å². The molecule has 1 aromatic rings. The van der Waals surface area contributed by atoms with Crippen molar-refractivity contribution in [1.29, 1.82) is 0 Å². The van der Waals surface area contributed by atoms with Crippen LogP contribution in [0.1, 0.15) is 11.1 Å². The lowest BCUT2D eigenvalue weighted by Gasteiger charge is -2.00. The minimum absolute atomic E-state index is 0.0546. The van der Waals surface area contributed by atoms with Crippen LogP contribution in [-0.4, -0.2) is 13.9 Å². The van der Waals surface area contributed by atoms with Crippen molar-refractivity contribution in [3.63, 3.8) is 0 Å². The minimum atomic E-state index is -2.25. The molecule has 1 aromatic carbocycles. The summed E-state index contributed by atoms with van der Waals surface area (Å²) in [6, 6.07) is 7.25. The zero-order valence-electron chi connectivity index (χ0n) is 6.90. The average molecular weight is 218 g/mol. The molecule has 0 radical (unpaired) electrons. The third-order valence-corrected chi connectivity index (χ3v) is 2.25. The van der Waals surface area contributed by atoms with Crippen molar-refractivity contribution in [2.24, 2.45) is 4.40 Å². The van der Waals surface area contributed by atoms with E-state index in [1.165, 1.54) is 0 Å². The van der Waals surface area contributed by atoms with Crippen molar-refractivity contribution in [3.05, 3.63) is 35.4 Å². The van der Waals surface area contributed by atoms with E-state index in [1.807, 2.05) is 19.1 Å². The summed E-state index contributed by atoms with van der Waals surface area (Å²) in [5.74, 6) is 0. The predicted octanol–water partition coefficient (Wildman–Crippen LogP) is 2.12. The lowest BCUT2D eigenvalue weighted by atomic mass is 10.1. The summed E-state index contributed by atoms with van der Waals surface area (Å²) in [5, 5.41) is 0.0546. The van der Waals surface area contributed by atoms with Crippen molar-refractivity contribution in [2.45, 2.75) is 6.92 Å². The van der Waals surface area contributed by atoms with Gasteiger partial charge in [0.2, 0.25) is 0 Å². The summed E-state index contributed by atoms with van der Waals surface area (Å²) in [6.07, 6.45) is 0. The fraction of sp³-hybridized carbons (Fsp3) is 0.125. The molecule has 0 aliphatic carbocycles. The van der Waals surface area contributed by atoms with E-state index in [0.29, 0.717) is 5.56 Å². The summed E-state index contributed by atoms with van der Waals surface area (Å²) >= 11 is 3.46. The molecule has 1 rings (SSSR count). The Balaban J connectivity index is 3.08. The van der Waals surface area contributed by atoms with Crippen LogP contribution >= 0.6 is 11.6 Å². The van der Waals surface area contributed by atoms with E-state index in [2.05, 4.69) is 4.40 Å². The highest BCUT2D eigenvalue weighted by atomic mass is 35.5. The van der Waals surface area contributed by atoms with Gasteiger partial charge in [0.25, 0.3) is 11.3 Å². The molecule has 1 N–H and O–H groups in total. The summed E-state index contributed by atoms with van der Waals surface area (Å²) in [4.78, 5) is 0. The number of rotatable bonds is 2. The van der Waals surface area contributed by atoms with Gasteiger partial charge in [0.05, 0.1) is 0 Å². The summed E-state index contributed by atoms with van der Waals surface area (Å²) in [7, 11) is 0. The molecule has 0 spiro atoms. The molecule has 0 aliphatic rings. The third-order valence-electron chi connectivity index (χ3n) is 1.53. The molecule has 3 nitrogen and oxygen atoms in total. The van der Waals surface area contributed by atoms with Crippen molar-refractivity contribution in [1.82, 2.24) is 0 Å². The van der Waals surface area contributed by atoms with E-state index in [9.17, 15) is 4.21 Å². The highest BCUT2D eigenvalue weighted by molar-refractivity contribution is 7.78. The highest BCUT2D eigenvalue weighted by Crippen LogP contribution is 2.11. The fourth-order valence-electron chi connectivity index (χ4n) is 0.922. The second kappa shape index (κ2) is 4.50. The van der Waals surface area contributed by atoms with Gasteiger partial charge in [-0.25, -0.2) is 4.21 Å². The number of benzene rings is 1. The van der Waals surface area contributed by atoms with Crippen LogP contribution in [-0.2, 0) is 11.3 Å². The van der Waals surface area contributed by atoms with Crippen molar-refractivity contribution < 1.29 is 8.76 Å². The van der Waals surface area contributed by atoms with E-state index in [0.717, 1.165) is 5.56 Å². The number of nitrogens with zero attached hydrogens (tertiary/aromatic N) is 1. The van der Waals surface area contributed by atoms with E-state index in [-0.39, 0.29) is 5.17 Å². The van der Waals surface area contributed by atoms with E-state index < -0.39 is 11.3 Å². The van der Waals surface area contributed by atoms with Crippen LogP contribution in [0.5, 0.6) is 0 Å². The quantitative estimate of drug-likeness (QED) is 0.610. The second-order valence-electron chi connectivity index (χ2n) is 2.43. The third kappa shape index (κ3) is 2.91. The van der Waals surface area contributed by atoms with Gasteiger partial charge in [0.1, 0.15) is 5.17 Å². The molecule has 0 amide bonds. The second-order valence-corrected chi connectivity index (χ2v) is 3.43. The lowest BCUT2D eigenvalue weighted by molar-refractivity contribution is 0.566. The Morgan fingerprint density at radius 1 is 1.54 bits per heavy atom. The van der Waals surface area contributed by atoms with Crippen molar-refractivity contribution >= 4 is 28.0 Å². The Bertz CT molecular complexity index is 365. The lowest BCUT2D eigenvalue weighted by Crippen LogP contribution is -1.96. The van der Waals surface area contributed by atoms with Gasteiger partial charge < -0.3 is 0 Å². The van der Waals surface area contributed by atoms with Gasteiger partial charge in [-0.05, 0) is 12.5 Å². The average Bonchev–Trinajstić information content (AvgIpc) is 2.03. The molecule has 0 aromatic heterocycles. The van der Waals surface area contributed by atoms with Gasteiger partial charge in [-0.1, -0.05) is 35.9 Å². The van der Waals surface area contributed by atoms with E-state index in [4.69, 9.17) is 16.2 Å². The van der Waals surface area contributed by atoms with Crippen molar-refractivity contribution in [3.8, 4) is 0 Å². The van der Waals surface area contributed by atoms with E-state index in [1.54, 1.807) is 12.1 Å². The van der Waals surface area contributed by atoms with Gasteiger partial charge in [0.15, 0.2) is 0 Å². The van der Waals surface area contributed by atoms with Gasteiger partial charge in [0, 0.05) is 5.56 Å². The minimum Gasteiger partial charge on any atom is -0.288 e. The predicted molar refractivity (Wildman–Crippen MR) is 54.3 cm³/mol. The smallest absolute Gasteiger partial charge is 0.283 e. The van der Waals surface area contributed by atoms with Gasteiger partial charge in [-0.15, -0.1) is 4.40 Å². The Morgan fingerprint density at radius 3 is 2.69 bits per heavy atom. The first-order chi connectivity index (χ1) is 6.11. The van der Waals surface area contributed by atoms with Gasteiger partial charge in [-0.3, -0.25) is 4.55 Å². The molecule has 0 saturated carbocycles. The molecular formula is C8H8ClNO2S. The van der Waals surface area contributed by atoms with Crippen LogP contribution in [0.15, 0.2) is 28.7 Å². The first-order valence-electron chi connectivity index (χ1n) is 3.52. The first-order valence-corrected chi connectivity index (χ1v) is 4.96. The highest BCUT2D eigenvalue weighted by Gasteiger charge is 2.03. The largest absolute Gasteiger partial charge is 0.288 e.